The molecule has 0 amide bonds. The first-order valence-electron chi connectivity index (χ1n) is 2.97. The van der Waals surface area contributed by atoms with Crippen LogP contribution in [-0.2, 0) is 4.84 Å². The summed E-state index contributed by atoms with van der Waals surface area (Å²) in [5, 5.41) is 3.95. The fourth-order valence-electron chi connectivity index (χ4n) is 0.469. The van der Waals surface area contributed by atoms with Gasteiger partial charge in [0.05, 0.1) is 12.4 Å². The normalized spacial score (nSPS) is 16.4. The summed E-state index contributed by atoms with van der Waals surface area (Å²) in [5.74, 6) is 0. The Balaban J connectivity index is 2.24. The molecule has 0 atom stereocenters. The molecule has 0 bridgehead atoms. The molecule has 0 aliphatic carbocycles. The molecule has 7 heteroatoms. The lowest BCUT2D eigenvalue weighted by molar-refractivity contribution is -0.253. The first kappa shape index (κ1) is 8.85. The molecule has 0 saturated carbocycles. The highest BCUT2D eigenvalue weighted by molar-refractivity contribution is 5.70. The molecular weight excluding hydrogens is 175 g/mol. The molecule has 0 aromatic rings. The fraction of sp³-hybridized carbons (Fsp3) is 0.400. The zero-order chi connectivity index (χ0) is 9.03. The Morgan fingerprint density at radius 1 is 1.42 bits per heavy atom. The van der Waals surface area contributed by atoms with Crippen molar-refractivity contribution < 1.29 is 18.0 Å². The molecule has 1 radical (unpaired) electrons. The third-order valence-corrected chi connectivity index (χ3v) is 0.867. The van der Waals surface area contributed by atoms with Gasteiger partial charge in [-0.1, -0.05) is 0 Å². The summed E-state index contributed by atoms with van der Waals surface area (Å²) >= 11 is 0. The van der Waals surface area contributed by atoms with E-state index in [9.17, 15) is 13.2 Å². The predicted octanol–water partition coefficient (Wildman–Crippen LogP) is 0.815. The maximum absolute atomic E-state index is 11.6. The molecule has 1 rings (SSSR count). The third-order valence-electron chi connectivity index (χ3n) is 0.867. The van der Waals surface area contributed by atoms with Crippen LogP contribution in [0, 0.1) is 0 Å². The first-order valence-corrected chi connectivity index (χ1v) is 2.97. The van der Waals surface area contributed by atoms with Crippen molar-refractivity contribution in [1.29, 1.82) is 0 Å². The van der Waals surface area contributed by atoms with Crippen LogP contribution in [0.2, 0.25) is 0 Å². The van der Waals surface area contributed by atoms with E-state index in [1.807, 2.05) is 0 Å². The van der Waals surface area contributed by atoms with E-state index in [0.717, 1.165) is 0 Å². The van der Waals surface area contributed by atoms with Crippen LogP contribution >= 0.6 is 0 Å². The molecule has 1 aliphatic heterocycles. The van der Waals surface area contributed by atoms with Crippen molar-refractivity contribution >= 4 is 6.21 Å². The van der Waals surface area contributed by atoms with Crippen molar-refractivity contribution in [2.75, 3.05) is 6.61 Å². The van der Waals surface area contributed by atoms with Gasteiger partial charge in [0, 0.05) is 0 Å². The van der Waals surface area contributed by atoms with Crippen molar-refractivity contribution in [2.45, 2.75) is 6.18 Å². The van der Waals surface area contributed by atoms with Crippen LogP contribution in [0.5, 0.6) is 0 Å². The van der Waals surface area contributed by atoms with Gasteiger partial charge in [0.25, 0.3) is 0 Å². The highest BCUT2D eigenvalue weighted by atomic mass is 19.4. The molecule has 67 valence electrons. The van der Waals surface area contributed by atoms with Crippen molar-refractivity contribution in [2.24, 2.45) is 5.10 Å². The Kier molecular flexibility index (Phi) is 2.54. The Morgan fingerprint density at radius 2 is 2.17 bits per heavy atom. The third kappa shape index (κ3) is 3.24. The Hall–Kier alpha value is -1.24. The minimum absolute atomic E-state index is 0.646. The SMILES string of the molecule is FC(F)(F)CON1C=CC=N[N]1. The number of hydrogen-bond donors (Lipinski definition) is 0. The first-order chi connectivity index (χ1) is 5.58. The van der Waals surface area contributed by atoms with Gasteiger partial charge in [0.2, 0.25) is 0 Å². The Morgan fingerprint density at radius 3 is 2.67 bits per heavy atom. The highest BCUT2D eigenvalue weighted by Crippen LogP contribution is 2.15. The zero-order valence-electron chi connectivity index (χ0n) is 5.82. The number of nitrogens with zero attached hydrogens (tertiary/aromatic N) is 3. The van der Waals surface area contributed by atoms with Crippen molar-refractivity contribution in [1.82, 2.24) is 10.7 Å². The summed E-state index contributed by atoms with van der Waals surface area (Å²) in [6, 6.07) is 0. The summed E-state index contributed by atoms with van der Waals surface area (Å²) in [7, 11) is 0. The number of rotatable bonds is 2. The van der Waals surface area contributed by atoms with Crippen LogP contribution in [0.3, 0.4) is 0 Å². The lowest BCUT2D eigenvalue weighted by atomic mass is 10.6. The van der Waals surface area contributed by atoms with Gasteiger partial charge < -0.3 is 0 Å². The summed E-state index contributed by atoms with van der Waals surface area (Å²) in [6.07, 6.45) is -0.403. The minimum Gasteiger partial charge on any atom is -0.242 e. The van der Waals surface area contributed by atoms with Gasteiger partial charge >= 0.3 is 6.18 Å². The zero-order valence-corrected chi connectivity index (χ0v) is 5.82. The summed E-state index contributed by atoms with van der Waals surface area (Å²) in [6.45, 7) is -1.38. The Bertz CT molecular complexity index is 201. The average Bonchev–Trinajstić information content (AvgIpc) is 2.02. The van der Waals surface area contributed by atoms with Gasteiger partial charge in [0.15, 0.2) is 6.61 Å². The average molecular weight is 180 g/mol. The van der Waals surface area contributed by atoms with E-state index in [2.05, 4.69) is 15.5 Å². The van der Waals surface area contributed by atoms with E-state index >= 15 is 0 Å². The molecule has 0 N–H and O–H groups in total. The molecule has 1 aliphatic rings. The summed E-state index contributed by atoms with van der Waals surface area (Å²) in [4.78, 5) is 4.19. The van der Waals surface area contributed by atoms with Crippen LogP contribution in [0.1, 0.15) is 0 Å². The molecule has 0 unspecified atom stereocenters. The molecule has 12 heavy (non-hydrogen) atoms. The molecule has 1 heterocycles. The predicted molar refractivity (Wildman–Crippen MR) is 33.6 cm³/mol. The largest absolute Gasteiger partial charge is 0.414 e. The van der Waals surface area contributed by atoms with Crippen LogP contribution in [0.4, 0.5) is 13.2 Å². The van der Waals surface area contributed by atoms with Gasteiger partial charge in [-0.2, -0.15) is 13.2 Å². The van der Waals surface area contributed by atoms with E-state index < -0.39 is 12.8 Å². The molecular formula is C5H5F3N3O. The number of allylic oxidation sites excluding steroid dienone is 1. The van der Waals surface area contributed by atoms with E-state index in [0.29, 0.717) is 5.17 Å². The van der Waals surface area contributed by atoms with E-state index in [1.165, 1.54) is 18.5 Å². The molecule has 0 saturated heterocycles. The van der Waals surface area contributed by atoms with Gasteiger partial charge in [0.1, 0.15) is 0 Å². The number of hydrogen-bond acceptors (Lipinski definition) is 3. The molecule has 4 nitrogen and oxygen atoms in total. The number of hydroxylamine groups is 1. The lowest BCUT2D eigenvalue weighted by Gasteiger charge is -2.17. The standard InChI is InChI=1S/C5H5F3N3O/c6-5(7,8)4-12-11-3-1-2-9-10-11/h1-3H,4H2. The molecule has 0 spiro atoms. The number of halogens is 3. The van der Waals surface area contributed by atoms with Crippen molar-refractivity contribution in [3.63, 3.8) is 0 Å². The van der Waals surface area contributed by atoms with E-state index in [-0.39, 0.29) is 0 Å². The smallest absolute Gasteiger partial charge is 0.242 e. The van der Waals surface area contributed by atoms with Crippen LogP contribution in [0.15, 0.2) is 17.4 Å². The van der Waals surface area contributed by atoms with Crippen molar-refractivity contribution in [3.8, 4) is 0 Å². The fourth-order valence-corrected chi connectivity index (χ4v) is 0.469. The van der Waals surface area contributed by atoms with Gasteiger partial charge in [-0.05, 0) is 11.6 Å². The molecule has 0 aromatic heterocycles. The molecule has 0 aromatic carbocycles. The lowest BCUT2D eigenvalue weighted by Crippen LogP contribution is -2.30. The second-order valence-corrected chi connectivity index (χ2v) is 1.89. The maximum Gasteiger partial charge on any atom is 0.414 e. The van der Waals surface area contributed by atoms with Crippen LogP contribution < -0.4 is 5.53 Å². The van der Waals surface area contributed by atoms with Gasteiger partial charge in [-0.3, -0.25) is 0 Å². The Labute approximate surface area is 66.2 Å². The van der Waals surface area contributed by atoms with Crippen molar-refractivity contribution in [3.05, 3.63) is 12.3 Å². The number of alkyl halides is 3. The summed E-state index contributed by atoms with van der Waals surface area (Å²) in [5.41, 5.74) is 3.23. The molecule has 0 fully saturated rings. The second kappa shape index (κ2) is 3.44. The van der Waals surface area contributed by atoms with Crippen LogP contribution in [0.25, 0.3) is 0 Å². The van der Waals surface area contributed by atoms with Gasteiger partial charge in [-0.15, -0.1) is 10.3 Å². The van der Waals surface area contributed by atoms with Gasteiger partial charge in [-0.25, -0.2) is 4.84 Å². The quantitative estimate of drug-likeness (QED) is 0.630. The summed E-state index contributed by atoms with van der Waals surface area (Å²) < 4.78 is 34.7. The minimum atomic E-state index is -4.36. The van der Waals surface area contributed by atoms with E-state index in [4.69, 9.17) is 0 Å². The topological polar surface area (TPSA) is 38.9 Å². The van der Waals surface area contributed by atoms with Crippen LogP contribution in [-0.4, -0.2) is 24.2 Å². The maximum atomic E-state index is 11.6. The monoisotopic (exact) mass is 180 g/mol. The van der Waals surface area contributed by atoms with E-state index in [1.54, 1.807) is 0 Å². The second-order valence-electron chi connectivity index (χ2n) is 1.89. The highest BCUT2D eigenvalue weighted by Gasteiger charge is 2.29.